The van der Waals surface area contributed by atoms with Crippen LogP contribution in [0.5, 0.6) is 0 Å². The van der Waals surface area contributed by atoms with Gasteiger partial charge in [0.2, 0.25) is 5.91 Å². The number of amides is 1. The monoisotopic (exact) mass is 309 g/mol. The maximum Gasteiger partial charge on any atom is 0.246 e. The molecule has 1 amide bonds. The third kappa shape index (κ3) is 3.21. The van der Waals surface area contributed by atoms with Crippen LogP contribution in [0, 0.1) is 6.92 Å². The maximum absolute atomic E-state index is 11.9. The Balaban J connectivity index is 2.04. The zero-order valence-corrected chi connectivity index (χ0v) is 11.9. The molecule has 1 atom stereocenters. The van der Waals surface area contributed by atoms with Crippen LogP contribution < -0.4 is 0 Å². The third-order valence-electron chi connectivity index (χ3n) is 3.04. The number of aliphatic hydroxyl groups excluding tert-OH is 1. The largest absolute Gasteiger partial charge is 0.391 e. The van der Waals surface area contributed by atoms with Gasteiger partial charge in [0.1, 0.15) is 0 Å². The second kappa shape index (κ2) is 5.67. The van der Waals surface area contributed by atoms with Crippen molar-refractivity contribution >= 4 is 27.9 Å². The standard InChI is InChI=1S/C14H16BrNO2/c1-10-2-3-11(13(15)8-10)4-5-14(18)16-7-6-12(17)9-16/h2-5,8,12,17H,6-7,9H2,1H3/t12-/m0/s1. The van der Waals surface area contributed by atoms with Gasteiger partial charge in [-0.3, -0.25) is 4.79 Å². The summed E-state index contributed by atoms with van der Waals surface area (Å²) < 4.78 is 0.980. The molecule has 1 fully saturated rings. The topological polar surface area (TPSA) is 40.5 Å². The highest BCUT2D eigenvalue weighted by Gasteiger charge is 2.22. The smallest absolute Gasteiger partial charge is 0.246 e. The van der Waals surface area contributed by atoms with Crippen molar-refractivity contribution < 1.29 is 9.90 Å². The molecule has 0 aromatic heterocycles. The Morgan fingerprint density at radius 1 is 1.56 bits per heavy atom. The highest BCUT2D eigenvalue weighted by atomic mass is 79.9. The summed E-state index contributed by atoms with van der Waals surface area (Å²) in [6.07, 6.45) is 3.67. The van der Waals surface area contributed by atoms with E-state index in [1.165, 1.54) is 5.56 Å². The van der Waals surface area contributed by atoms with Crippen LogP contribution in [0.15, 0.2) is 28.7 Å². The van der Waals surface area contributed by atoms with Gasteiger partial charge >= 0.3 is 0 Å². The molecule has 3 nitrogen and oxygen atoms in total. The molecule has 0 aliphatic carbocycles. The molecule has 1 aliphatic heterocycles. The van der Waals surface area contributed by atoms with E-state index in [1.54, 1.807) is 17.1 Å². The SMILES string of the molecule is Cc1ccc(C=CC(=O)N2CC[C@H](O)C2)c(Br)c1. The molecule has 0 radical (unpaired) electrons. The molecule has 96 valence electrons. The molecule has 1 aliphatic rings. The minimum absolute atomic E-state index is 0.0426. The van der Waals surface area contributed by atoms with E-state index < -0.39 is 0 Å². The lowest BCUT2D eigenvalue weighted by Gasteiger charge is -2.12. The van der Waals surface area contributed by atoms with Crippen molar-refractivity contribution in [2.24, 2.45) is 0 Å². The van der Waals surface area contributed by atoms with Gasteiger partial charge in [0.15, 0.2) is 0 Å². The first-order valence-corrected chi connectivity index (χ1v) is 6.77. The predicted octanol–water partition coefficient (Wildman–Crippen LogP) is 2.36. The summed E-state index contributed by atoms with van der Waals surface area (Å²) in [5, 5.41) is 9.38. The molecule has 0 bridgehead atoms. The van der Waals surface area contributed by atoms with Crippen molar-refractivity contribution in [1.29, 1.82) is 0 Å². The molecule has 0 saturated carbocycles. The summed E-state index contributed by atoms with van der Waals surface area (Å²) >= 11 is 3.47. The Morgan fingerprint density at radius 3 is 2.94 bits per heavy atom. The summed E-state index contributed by atoms with van der Waals surface area (Å²) in [4.78, 5) is 13.5. The zero-order chi connectivity index (χ0) is 13.1. The van der Waals surface area contributed by atoms with Crippen molar-refractivity contribution in [3.63, 3.8) is 0 Å². The van der Waals surface area contributed by atoms with Gasteiger partial charge in [-0.15, -0.1) is 0 Å². The van der Waals surface area contributed by atoms with Crippen LogP contribution in [0.3, 0.4) is 0 Å². The fraction of sp³-hybridized carbons (Fsp3) is 0.357. The van der Waals surface area contributed by atoms with Crippen molar-refractivity contribution in [2.45, 2.75) is 19.4 Å². The highest BCUT2D eigenvalue weighted by Crippen LogP contribution is 2.20. The van der Waals surface area contributed by atoms with Crippen LogP contribution in [0.2, 0.25) is 0 Å². The number of benzene rings is 1. The fourth-order valence-corrected chi connectivity index (χ4v) is 2.60. The molecule has 1 N–H and O–H groups in total. The summed E-state index contributed by atoms with van der Waals surface area (Å²) in [7, 11) is 0. The number of carbonyl (C=O) groups is 1. The van der Waals surface area contributed by atoms with Gasteiger partial charge in [-0.05, 0) is 36.6 Å². The van der Waals surface area contributed by atoms with Crippen molar-refractivity contribution in [2.75, 3.05) is 13.1 Å². The van der Waals surface area contributed by atoms with E-state index in [-0.39, 0.29) is 12.0 Å². The number of hydrogen-bond acceptors (Lipinski definition) is 2. The number of nitrogens with zero attached hydrogens (tertiary/aromatic N) is 1. The van der Waals surface area contributed by atoms with Crippen LogP contribution in [0.25, 0.3) is 6.08 Å². The number of halogens is 1. The number of carbonyl (C=O) groups excluding carboxylic acids is 1. The molecular formula is C14H16BrNO2. The quantitative estimate of drug-likeness (QED) is 0.852. The lowest BCUT2D eigenvalue weighted by molar-refractivity contribution is -0.125. The number of aryl methyl sites for hydroxylation is 1. The molecule has 0 spiro atoms. The van der Waals surface area contributed by atoms with E-state index in [0.29, 0.717) is 19.5 Å². The van der Waals surface area contributed by atoms with Crippen LogP contribution >= 0.6 is 15.9 Å². The van der Waals surface area contributed by atoms with Gasteiger partial charge in [0.05, 0.1) is 6.10 Å². The maximum atomic E-state index is 11.9. The number of hydrogen-bond donors (Lipinski definition) is 1. The second-order valence-corrected chi connectivity index (χ2v) is 5.44. The van der Waals surface area contributed by atoms with Crippen LogP contribution in [-0.4, -0.2) is 35.1 Å². The van der Waals surface area contributed by atoms with Crippen LogP contribution in [0.1, 0.15) is 17.5 Å². The Kier molecular flexibility index (Phi) is 4.19. The average Bonchev–Trinajstić information content (AvgIpc) is 2.74. The summed E-state index contributed by atoms with van der Waals surface area (Å²) in [5.41, 5.74) is 2.15. The van der Waals surface area contributed by atoms with Gasteiger partial charge in [0.25, 0.3) is 0 Å². The fourth-order valence-electron chi connectivity index (χ4n) is 1.98. The highest BCUT2D eigenvalue weighted by molar-refractivity contribution is 9.10. The van der Waals surface area contributed by atoms with Gasteiger partial charge < -0.3 is 10.0 Å². The van der Waals surface area contributed by atoms with E-state index in [9.17, 15) is 9.90 Å². The average molecular weight is 310 g/mol. The van der Waals surface area contributed by atoms with Crippen molar-refractivity contribution in [3.05, 3.63) is 39.9 Å². The molecule has 1 aromatic rings. The van der Waals surface area contributed by atoms with Crippen molar-refractivity contribution in [3.8, 4) is 0 Å². The lowest BCUT2D eigenvalue weighted by atomic mass is 10.1. The van der Waals surface area contributed by atoms with Gasteiger partial charge in [-0.2, -0.15) is 0 Å². The summed E-state index contributed by atoms with van der Waals surface area (Å²) in [6.45, 7) is 3.10. The first kappa shape index (κ1) is 13.3. The first-order valence-electron chi connectivity index (χ1n) is 5.97. The van der Waals surface area contributed by atoms with Crippen molar-refractivity contribution in [1.82, 2.24) is 4.90 Å². The number of likely N-dealkylation sites (tertiary alicyclic amines) is 1. The molecule has 2 rings (SSSR count). The van der Waals surface area contributed by atoms with Crippen LogP contribution in [0.4, 0.5) is 0 Å². The Labute approximate surface area is 115 Å². The van der Waals surface area contributed by atoms with Gasteiger partial charge in [0, 0.05) is 23.6 Å². The Bertz CT molecular complexity index is 485. The molecule has 0 unspecified atom stereocenters. The molecular weight excluding hydrogens is 294 g/mol. The molecule has 4 heteroatoms. The normalized spacial score (nSPS) is 19.7. The molecule has 1 aromatic carbocycles. The first-order chi connectivity index (χ1) is 8.56. The number of aliphatic hydroxyl groups is 1. The number of β-amino-alcohol motifs (C(OH)–C–C–N with tert-alkyl or cyclic N) is 1. The summed E-state index contributed by atoms with van der Waals surface area (Å²) in [6, 6.07) is 6.00. The van der Waals surface area contributed by atoms with Gasteiger partial charge in [-0.25, -0.2) is 0 Å². The lowest BCUT2D eigenvalue weighted by Crippen LogP contribution is -2.27. The predicted molar refractivity (Wildman–Crippen MR) is 75.1 cm³/mol. The molecule has 1 heterocycles. The van der Waals surface area contributed by atoms with E-state index in [1.807, 2.05) is 25.1 Å². The minimum Gasteiger partial charge on any atom is -0.391 e. The van der Waals surface area contributed by atoms with E-state index >= 15 is 0 Å². The van der Waals surface area contributed by atoms with E-state index in [2.05, 4.69) is 15.9 Å². The summed E-state index contributed by atoms with van der Waals surface area (Å²) in [5.74, 6) is -0.0426. The zero-order valence-electron chi connectivity index (χ0n) is 10.3. The van der Waals surface area contributed by atoms with Crippen LogP contribution in [-0.2, 0) is 4.79 Å². The van der Waals surface area contributed by atoms with E-state index in [4.69, 9.17) is 0 Å². The Hall–Kier alpha value is -1.13. The minimum atomic E-state index is -0.367. The second-order valence-electron chi connectivity index (χ2n) is 4.59. The molecule has 18 heavy (non-hydrogen) atoms. The molecule has 1 saturated heterocycles. The number of rotatable bonds is 2. The third-order valence-corrected chi connectivity index (χ3v) is 3.72. The van der Waals surface area contributed by atoms with Gasteiger partial charge in [-0.1, -0.05) is 28.1 Å². The Morgan fingerprint density at radius 2 is 2.33 bits per heavy atom. The van der Waals surface area contributed by atoms with E-state index in [0.717, 1.165) is 10.0 Å².